The van der Waals surface area contributed by atoms with Crippen LogP contribution in [0, 0.1) is 5.13 Å². The fourth-order valence-electron chi connectivity index (χ4n) is 4.82. The highest BCUT2D eigenvalue weighted by atomic mass is 32.1. The van der Waals surface area contributed by atoms with Crippen molar-refractivity contribution in [3.05, 3.63) is 65.8 Å². The number of likely N-dealkylation sites (tertiary alicyclic amines) is 1. The molecule has 0 bridgehead atoms. The second-order valence-corrected chi connectivity index (χ2v) is 10.0. The van der Waals surface area contributed by atoms with Gasteiger partial charge in [0.1, 0.15) is 11.0 Å². The zero-order chi connectivity index (χ0) is 24.1. The molecule has 1 aliphatic rings. The third-order valence-electron chi connectivity index (χ3n) is 6.56. The number of imidazole rings is 1. The monoisotopic (exact) mass is 496 g/mol. The van der Waals surface area contributed by atoms with Crippen LogP contribution < -0.4 is 0 Å². The average Bonchev–Trinajstić information content (AvgIpc) is 3.70. The van der Waals surface area contributed by atoms with E-state index in [1.165, 1.54) is 24.5 Å². The zero-order valence-electron chi connectivity index (χ0n) is 19.2. The first kappa shape index (κ1) is 21.3. The van der Waals surface area contributed by atoms with Gasteiger partial charge in [-0.05, 0) is 61.8 Å². The Morgan fingerprint density at radius 3 is 2.67 bits per heavy atom. The molecule has 2 N–H and O–H groups in total. The summed E-state index contributed by atoms with van der Waals surface area (Å²) in [5.74, 6) is 0.577. The molecule has 0 spiro atoms. The zero-order valence-corrected chi connectivity index (χ0v) is 20.0. The lowest BCUT2D eigenvalue weighted by molar-refractivity contribution is 0.331. The van der Waals surface area contributed by atoms with E-state index in [4.69, 9.17) is 9.97 Å². The van der Waals surface area contributed by atoms with Gasteiger partial charge in [-0.3, -0.25) is 20.0 Å². The minimum absolute atomic E-state index is 0.244. The summed E-state index contributed by atoms with van der Waals surface area (Å²) in [5, 5.41) is 7.32. The molecule has 178 valence electrons. The Morgan fingerprint density at radius 2 is 1.81 bits per heavy atom. The van der Waals surface area contributed by atoms with Crippen molar-refractivity contribution in [3.63, 3.8) is 0 Å². The Bertz CT molecular complexity index is 1710. The van der Waals surface area contributed by atoms with E-state index in [2.05, 4.69) is 36.1 Å². The van der Waals surface area contributed by atoms with E-state index in [0.29, 0.717) is 22.6 Å². The summed E-state index contributed by atoms with van der Waals surface area (Å²) >= 11 is 1.07. The molecule has 0 radical (unpaired) electrons. The summed E-state index contributed by atoms with van der Waals surface area (Å²) < 4.78 is 13.7. The van der Waals surface area contributed by atoms with Crippen molar-refractivity contribution < 1.29 is 4.39 Å². The van der Waals surface area contributed by atoms with E-state index in [0.717, 1.165) is 63.7 Å². The second-order valence-electron chi connectivity index (χ2n) is 9.00. The van der Waals surface area contributed by atoms with Crippen molar-refractivity contribution >= 4 is 33.4 Å². The van der Waals surface area contributed by atoms with E-state index in [1.807, 2.05) is 24.5 Å². The average molecular weight is 497 g/mol. The molecule has 10 heteroatoms. The summed E-state index contributed by atoms with van der Waals surface area (Å²) in [7, 11) is 0. The van der Waals surface area contributed by atoms with E-state index >= 15 is 0 Å². The number of H-pyrrole nitrogens is 2. The predicted molar refractivity (Wildman–Crippen MR) is 138 cm³/mol. The van der Waals surface area contributed by atoms with Crippen LogP contribution in [0.4, 0.5) is 4.39 Å². The fourth-order valence-corrected chi connectivity index (χ4v) is 5.56. The first-order chi connectivity index (χ1) is 17.7. The Labute approximate surface area is 209 Å². The molecule has 1 fully saturated rings. The molecule has 6 aromatic heterocycles. The molecule has 0 atom stereocenters. The maximum atomic E-state index is 13.7. The number of fused-ring (bicyclic) bond motifs is 2. The Morgan fingerprint density at radius 1 is 0.917 bits per heavy atom. The topological polar surface area (TPSA) is 99.3 Å². The predicted octanol–water partition coefficient (Wildman–Crippen LogP) is 5.42. The first-order valence-electron chi connectivity index (χ1n) is 11.8. The number of aromatic nitrogens is 7. The van der Waals surface area contributed by atoms with Crippen LogP contribution in [-0.4, -0.2) is 53.1 Å². The standard InChI is InChI=1S/C26H21FN8S/c27-22-6-5-21(36-22)17-12-29-13-20-23(17)32-26(31-20)25-24-19(33-34-25)4-3-18(30-24)16-9-15(10-28-11-16)14-35-7-1-2-8-35/h3-6,9-13H,1-2,7-8,14H2,(H,31,32)(H,33,34). The van der Waals surface area contributed by atoms with Gasteiger partial charge in [-0.2, -0.15) is 9.49 Å². The lowest BCUT2D eigenvalue weighted by atomic mass is 10.1. The number of thiophene rings is 1. The lowest BCUT2D eigenvalue weighted by Gasteiger charge is -2.14. The molecule has 0 saturated carbocycles. The molecule has 0 amide bonds. The first-order valence-corrected chi connectivity index (χ1v) is 12.6. The van der Waals surface area contributed by atoms with Crippen LogP contribution in [0.1, 0.15) is 18.4 Å². The number of hydrogen-bond acceptors (Lipinski definition) is 7. The molecule has 7 heterocycles. The molecule has 1 aliphatic heterocycles. The molecule has 36 heavy (non-hydrogen) atoms. The van der Waals surface area contributed by atoms with Crippen molar-refractivity contribution in [2.75, 3.05) is 13.1 Å². The van der Waals surface area contributed by atoms with Crippen LogP contribution in [0.3, 0.4) is 0 Å². The van der Waals surface area contributed by atoms with Crippen molar-refractivity contribution in [2.24, 2.45) is 0 Å². The van der Waals surface area contributed by atoms with Gasteiger partial charge in [0.25, 0.3) is 0 Å². The van der Waals surface area contributed by atoms with Gasteiger partial charge in [0.2, 0.25) is 0 Å². The van der Waals surface area contributed by atoms with Crippen LogP contribution in [0.15, 0.2) is 55.1 Å². The van der Waals surface area contributed by atoms with Gasteiger partial charge in [0, 0.05) is 41.1 Å². The summed E-state index contributed by atoms with van der Waals surface area (Å²) in [6.07, 6.45) is 9.73. The molecular weight excluding hydrogens is 475 g/mol. The van der Waals surface area contributed by atoms with E-state index < -0.39 is 0 Å². The summed E-state index contributed by atoms with van der Waals surface area (Å²) in [6.45, 7) is 3.19. The van der Waals surface area contributed by atoms with Crippen LogP contribution in [0.5, 0.6) is 0 Å². The number of nitrogens with zero attached hydrogens (tertiary/aromatic N) is 6. The normalized spacial score (nSPS) is 14.4. The van der Waals surface area contributed by atoms with Crippen LogP contribution in [-0.2, 0) is 6.54 Å². The number of pyridine rings is 3. The minimum Gasteiger partial charge on any atom is -0.335 e. The highest BCUT2D eigenvalue weighted by Crippen LogP contribution is 2.34. The smallest absolute Gasteiger partial charge is 0.176 e. The van der Waals surface area contributed by atoms with Gasteiger partial charge < -0.3 is 4.98 Å². The van der Waals surface area contributed by atoms with E-state index in [9.17, 15) is 4.39 Å². The molecule has 7 rings (SSSR count). The van der Waals surface area contributed by atoms with Gasteiger partial charge in [0.05, 0.1) is 22.9 Å². The third-order valence-corrected chi connectivity index (χ3v) is 7.47. The largest absolute Gasteiger partial charge is 0.335 e. The van der Waals surface area contributed by atoms with E-state index in [1.54, 1.807) is 18.5 Å². The fraction of sp³-hybridized carbons (Fsp3) is 0.192. The van der Waals surface area contributed by atoms with E-state index in [-0.39, 0.29) is 5.13 Å². The lowest BCUT2D eigenvalue weighted by Crippen LogP contribution is -2.18. The molecular formula is C26H21FN8S. The number of hydrogen-bond donors (Lipinski definition) is 2. The number of halogens is 1. The van der Waals surface area contributed by atoms with Gasteiger partial charge >= 0.3 is 0 Å². The van der Waals surface area contributed by atoms with Gasteiger partial charge in [0.15, 0.2) is 16.6 Å². The number of aromatic amines is 2. The number of rotatable bonds is 5. The van der Waals surface area contributed by atoms with Crippen molar-refractivity contribution in [2.45, 2.75) is 19.4 Å². The molecule has 0 aromatic carbocycles. The van der Waals surface area contributed by atoms with Gasteiger partial charge in [-0.25, -0.2) is 9.97 Å². The minimum atomic E-state index is -0.244. The summed E-state index contributed by atoms with van der Waals surface area (Å²) in [5.41, 5.74) is 7.37. The Kier molecular flexibility index (Phi) is 5.07. The highest BCUT2D eigenvalue weighted by molar-refractivity contribution is 7.14. The second kappa shape index (κ2) is 8.58. The van der Waals surface area contributed by atoms with Crippen molar-refractivity contribution in [3.8, 4) is 33.2 Å². The molecule has 0 aliphatic carbocycles. The van der Waals surface area contributed by atoms with Crippen LogP contribution in [0.25, 0.3) is 55.3 Å². The van der Waals surface area contributed by atoms with Gasteiger partial charge in [-0.15, -0.1) is 11.3 Å². The Balaban J connectivity index is 1.28. The van der Waals surface area contributed by atoms with Gasteiger partial charge in [-0.1, -0.05) is 0 Å². The van der Waals surface area contributed by atoms with Crippen molar-refractivity contribution in [1.82, 2.24) is 40.0 Å². The maximum Gasteiger partial charge on any atom is 0.176 e. The molecule has 6 aromatic rings. The van der Waals surface area contributed by atoms with Crippen LogP contribution >= 0.6 is 11.3 Å². The highest BCUT2D eigenvalue weighted by Gasteiger charge is 2.18. The quantitative estimate of drug-likeness (QED) is 0.331. The summed E-state index contributed by atoms with van der Waals surface area (Å²) in [6, 6.07) is 9.32. The third kappa shape index (κ3) is 3.75. The molecule has 1 saturated heterocycles. The number of nitrogens with one attached hydrogen (secondary N) is 2. The Hall–Kier alpha value is -4.02. The summed E-state index contributed by atoms with van der Waals surface area (Å²) in [4.78, 5) is 25.1. The van der Waals surface area contributed by atoms with Crippen molar-refractivity contribution in [1.29, 1.82) is 0 Å². The van der Waals surface area contributed by atoms with Crippen LogP contribution in [0.2, 0.25) is 0 Å². The maximum absolute atomic E-state index is 13.7. The SMILES string of the molecule is Fc1ccc(-c2cncc3[nH]c(-c4n[nH]c5ccc(-c6cncc(CN7CCCC7)c6)nc45)nc23)s1. The molecule has 0 unspecified atom stereocenters. The molecule has 8 nitrogen and oxygen atoms in total.